The topological polar surface area (TPSA) is 60.9 Å². The Morgan fingerprint density at radius 1 is 1.46 bits per heavy atom. The largest absolute Gasteiger partial charge is 0.385 e. The third-order valence-corrected chi connectivity index (χ3v) is 2.76. The van der Waals surface area contributed by atoms with Gasteiger partial charge in [-0.05, 0) is 32.9 Å². The second kappa shape index (κ2) is 3.12. The average molecular weight is 181 g/mol. The number of aromatic amines is 1. The number of rotatable bonds is 1. The Bertz CT molecular complexity index is 289. The minimum Gasteiger partial charge on any atom is -0.385 e. The van der Waals surface area contributed by atoms with Crippen LogP contribution in [0.1, 0.15) is 24.1 Å². The Kier molecular flexibility index (Phi) is 2.09. The standard InChI is InChI=1S/C9H15N3O/c1-7-8(6-11-12-7)9(13)2-4-10-5-3-9/h6,10,13H,2-5H2,1H3,(H,11,12). The molecule has 2 rings (SSSR count). The van der Waals surface area contributed by atoms with Crippen molar-refractivity contribution in [3.8, 4) is 0 Å². The summed E-state index contributed by atoms with van der Waals surface area (Å²) in [5.41, 5.74) is 1.26. The van der Waals surface area contributed by atoms with Crippen molar-refractivity contribution >= 4 is 0 Å². The highest BCUT2D eigenvalue weighted by Crippen LogP contribution is 2.31. The molecule has 0 bridgehead atoms. The zero-order valence-corrected chi connectivity index (χ0v) is 7.80. The molecule has 1 aromatic heterocycles. The van der Waals surface area contributed by atoms with Gasteiger partial charge in [0, 0.05) is 11.3 Å². The summed E-state index contributed by atoms with van der Waals surface area (Å²) in [6, 6.07) is 0. The fourth-order valence-electron chi connectivity index (χ4n) is 1.93. The summed E-state index contributed by atoms with van der Waals surface area (Å²) < 4.78 is 0. The highest BCUT2D eigenvalue weighted by Gasteiger charge is 2.33. The van der Waals surface area contributed by atoms with Crippen molar-refractivity contribution in [1.29, 1.82) is 0 Å². The van der Waals surface area contributed by atoms with Crippen LogP contribution in [0.4, 0.5) is 0 Å². The summed E-state index contributed by atoms with van der Waals surface area (Å²) in [5, 5.41) is 20.3. The SMILES string of the molecule is Cc1[nH]ncc1C1(O)CCNCC1. The van der Waals surface area contributed by atoms with E-state index in [0.29, 0.717) is 0 Å². The second-order valence-corrected chi connectivity index (χ2v) is 3.69. The van der Waals surface area contributed by atoms with Gasteiger partial charge >= 0.3 is 0 Å². The summed E-state index contributed by atoms with van der Waals surface area (Å²) in [5.74, 6) is 0. The molecule has 3 N–H and O–H groups in total. The van der Waals surface area contributed by atoms with E-state index in [1.54, 1.807) is 6.20 Å². The second-order valence-electron chi connectivity index (χ2n) is 3.69. The molecule has 0 aliphatic carbocycles. The van der Waals surface area contributed by atoms with Crippen molar-refractivity contribution in [2.75, 3.05) is 13.1 Å². The predicted molar refractivity (Wildman–Crippen MR) is 49.3 cm³/mol. The van der Waals surface area contributed by atoms with Crippen molar-refractivity contribution in [3.63, 3.8) is 0 Å². The Labute approximate surface area is 77.4 Å². The number of H-pyrrole nitrogens is 1. The first kappa shape index (κ1) is 8.72. The first-order valence-corrected chi connectivity index (χ1v) is 4.66. The molecule has 0 radical (unpaired) electrons. The maximum Gasteiger partial charge on any atom is 0.0953 e. The van der Waals surface area contributed by atoms with Gasteiger partial charge in [0.2, 0.25) is 0 Å². The van der Waals surface area contributed by atoms with E-state index in [-0.39, 0.29) is 0 Å². The number of hydrogen-bond donors (Lipinski definition) is 3. The Morgan fingerprint density at radius 3 is 2.69 bits per heavy atom. The highest BCUT2D eigenvalue weighted by atomic mass is 16.3. The predicted octanol–water partition coefficient (Wildman–Crippen LogP) is 0.289. The summed E-state index contributed by atoms with van der Waals surface area (Å²) in [4.78, 5) is 0. The van der Waals surface area contributed by atoms with Crippen molar-refractivity contribution < 1.29 is 5.11 Å². The van der Waals surface area contributed by atoms with E-state index < -0.39 is 5.60 Å². The van der Waals surface area contributed by atoms with Gasteiger partial charge < -0.3 is 10.4 Å². The molecule has 4 nitrogen and oxygen atoms in total. The molecule has 13 heavy (non-hydrogen) atoms. The number of piperidine rings is 1. The van der Waals surface area contributed by atoms with E-state index >= 15 is 0 Å². The van der Waals surface area contributed by atoms with Gasteiger partial charge in [-0.2, -0.15) is 5.10 Å². The molecule has 4 heteroatoms. The minimum absolute atomic E-state index is 0.664. The van der Waals surface area contributed by atoms with Gasteiger partial charge in [0.15, 0.2) is 0 Å². The Balaban J connectivity index is 2.27. The van der Waals surface area contributed by atoms with Crippen molar-refractivity contribution in [1.82, 2.24) is 15.5 Å². The van der Waals surface area contributed by atoms with E-state index in [2.05, 4.69) is 15.5 Å². The van der Waals surface area contributed by atoms with Gasteiger partial charge in [-0.1, -0.05) is 0 Å². The Hall–Kier alpha value is -0.870. The summed E-state index contributed by atoms with van der Waals surface area (Å²) in [6.45, 7) is 3.70. The monoisotopic (exact) mass is 181 g/mol. The molecular formula is C9H15N3O. The first-order valence-electron chi connectivity index (χ1n) is 4.66. The van der Waals surface area contributed by atoms with Crippen LogP contribution in [-0.2, 0) is 5.60 Å². The average Bonchev–Trinajstić information content (AvgIpc) is 2.53. The lowest BCUT2D eigenvalue weighted by Crippen LogP contribution is -2.39. The molecule has 1 aliphatic rings. The van der Waals surface area contributed by atoms with Crippen molar-refractivity contribution in [2.45, 2.75) is 25.4 Å². The highest BCUT2D eigenvalue weighted by molar-refractivity contribution is 5.23. The summed E-state index contributed by atoms with van der Waals surface area (Å²) in [6.07, 6.45) is 3.28. The Morgan fingerprint density at radius 2 is 2.15 bits per heavy atom. The van der Waals surface area contributed by atoms with Crippen LogP contribution in [0.5, 0.6) is 0 Å². The maximum absolute atomic E-state index is 10.3. The quantitative estimate of drug-likeness (QED) is 0.583. The molecule has 1 aromatic rings. The van der Waals surface area contributed by atoms with Crippen LogP contribution in [0.3, 0.4) is 0 Å². The lowest BCUT2D eigenvalue weighted by Gasteiger charge is -2.32. The van der Waals surface area contributed by atoms with Crippen LogP contribution in [0.25, 0.3) is 0 Å². The van der Waals surface area contributed by atoms with Crippen LogP contribution in [0.15, 0.2) is 6.20 Å². The molecule has 1 aliphatic heterocycles. The number of aromatic nitrogens is 2. The molecule has 0 aromatic carbocycles. The molecule has 0 unspecified atom stereocenters. The van der Waals surface area contributed by atoms with Gasteiger partial charge in [-0.25, -0.2) is 0 Å². The first-order chi connectivity index (χ1) is 6.22. The molecule has 2 heterocycles. The van der Waals surface area contributed by atoms with Gasteiger partial charge in [0.1, 0.15) is 0 Å². The smallest absolute Gasteiger partial charge is 0.0953 e. The van der Waals surface area contributed by atoms with Crippen LogP contribution in [0.2, 0.25) is 0 Å². The van der Waals surface area contributed by atoms with Crippen molar-refractivity contribution in [2.24, 2.45) is 0 Å². The summed E-state index contributed by atoms with van der Waals surface area (Å²) >= 11 is 0. The molecule has 0 saturated carbocycles. The van der Waals surface area contributed by atoms with E-state index in [1.807, 2.05) is 6.92 Å². The molecule has 0 atom stereocenters. The van der Waals surface area contributed by atoms with Gasteiger partial charge in [0.25, 0.3) is 0 Å². The normalized spacial score (nSPS) is 21.7. The van der Waals surface area contributed by atoms with Gasteiger partial charge in [-0.15, -0.1) is 0 Å². The van der Waals surface area contributed by atoms with Crippen molar-refractivity contribution in [3.05, 3.63) is 17.5 Å². The molecule has 0 amide bonds. The zero-order chi connectivity index (χ0) is 9.31. The summed E-state index contributed by atoms with van der Waals surface area (Å²) in [7, 11) is 0. The van der Waals surface area contributed by atoms with Gasteiger partial charge in [0.05, 0.1) is 11.8 Å². The maximum atomic E-state index is 10.3. The molecule has 0 spiro atoms. The van der Waals surface area contributed by atoms with Crippen LogP contribution < -0.4 is 5.32 Å². The fourth-order valence-corrected chi connectivity index (χ4v) is 1.93. The van der Waals surface area contributed by atoms with E-state index in [4.69, 9.17) is 0 Å². The molecule has 1 saturated heterocycles. The lowest BCUT2D eigenvalue weighted by molar-refractivity contribution is 0.00541. The molecule has 1 fully saturated rings. The fraction of sp³-hybridized carbons (Fsp3) is 0.667. The number of hydrogen-bond acceptors (Lipinski definition) is 3. The zero-order valence-electron chi connectivity index (χ0n) is 7.80. The lowest BCUT2D eigenvalue weighted by atomic mass is 9.85. The number of aryl methyl sites for hydroxylation is 1. The number of nitrogens with zero attached hydrogens (tertiary/aromatic N) is 1. The van der Waals surface area contributed by atoms with E-state index in [0.717, 1.165) is 37.2 Å². The van der Waals surface area contributed by atoms with Crippen LogP contribution in [0, 0.1) is 6.92 Å². The molecule has 72 valence electrons. The van der Waals surface area contributed by atoms with Gasteiger partial charge in [-0.3, -0.25) is 5.10 Å². The van der Waals surface area contributed by atoms with E-state index in [1.165, 1.54) is 0 Å². The van der Waals surface area contributed by atoms with E-state index in [9.17, 15) is 5.11 Å². The number of aliphatic hydroxyl groups is 1. The minimum atomic E-state index is -0.664. The third kappa shape index (κ3) is 1.47. The molecular weight excluding hydrogens is 166 g/mol. The van der Waals surface area contributed by atoms with Crippen LogP contribution >= 0.6 is 0 Å². The third-order valence-electron chi connectivity index (χ3n) is 2.76. The number of nitrogens with one attached hydrogen (secondary N) is 2. The van der Waals surface area contributed by atoms with Crippen LogP contribution in [-0.4, -0.2) is 28.4 Å².